The fourth-order valence-corrected chi connectivity index (χ4v) is 2.51. The van der Waals surface area contributed by atoms with Crippen LogP contribution in [0, 0.1) is 0 Å². The highest BCUT2D eigenvalue weighted by Crippen LogP contribution is 2.23. The molecule has 0 spiro atoms. The average molecular weight is 394 g/mol. The molecule has 0 radical (unpaired) electrons. The van der Waals surface area contributed by atoms with E-state index in [-0.39, 0.29) is 24.0 Å². The molecule has 0 saturated carbocycles. The predicted molar refractivity (Wildman–Crippen MR) is 98.9 cm³/mol. The van der Waals surface area contributed by atoms with Gasteiger partial charge in [-0.3, -0.25) is 9.59 Å². The first-order chi connectivity index (χ1) is 13.2. The highest BCUT2D eigenvalue weighted by atomic mass is 19.4. The minimum absolute atomic E-state index is 0.134. The Balaban J connectivity index is 1.69. The Hall–Kier alpha value is -3.03. The van der Waals surface area contributed by atoms with Crippen molar-refractivity contribution in [3.05, 3.63) is 59.7 Å². The first-order valence-electron chi connectivity index (χ1n) is 8.69. The number of halogens is 3. The Labute approximate surface area is 160 Å². The maximum absolute atomic E-state index is 12.1. The largest absolute Gasteiger partial charge is 0.573 e. The first kappa shape index (κ1) is 21.3. The fraction of sp³-hybridized carbons (Fsp3) is 0.300. The Morgan fingerprint density at radius 2 is 1.50 bits per heavy atom. The number of hydrogen-bond donors (Lipinski definition) is 2. The molecular formula is C20H21F3N2O3. The lowest BCUT2D eigenvalue weighted by molar-refractivity contribution is -0.274. The smallest absolute Gasteiger partial charge is 0.406 e. The van der Waals surface area contributed by atoms with Crippen LogP contribution < -0.4 is 15.4 Å². The van der Waals surface area contributed by atoms with Gasteiger partial charge in [-0.15, -0.1) is 13.2 Å². The number of amides is 2. The molecular weight excluding hydrogens is 373 g/mol. The highest BCUT2D eigenvalue weighted by molar-refractivity contribution is 5.88. The number of rotatable bonds is 8. The number of anilines is 1. The second kappa shape index (κ2) is 9.77. The van der Waals surface area contributed by atoms with Crippen LogP contribution in [0.4, 0.5) is 18.9 Å². The quantitative estimate of drug-likeness (QED) is 0.715. The maximum Gasteiger partial charge on any atom is 0.573 e. The molecule has 2 rings (SSSR count). The van der Waals surface area contributed by atoms with Gasteiger partial charge in [-0.2, -0.15) is 0 Å². The lowest BCUT2D eigenvalue weighted by Gasteiger charge is -2.09. The summed E-state index contributed by atoms with van der Waals surface area (Å²) < 4.78 is 40.1. The molecule has 0 aliphatic carbocycles. The highest BCUT2D eigenvalue weighted by Gasteiger charge is 2.30. The van der Waals surface area contributed by atoms with E-state index in [0.717, 1.165) is 11.1 Å². The van der Waals surface area contributed by atoms with Gasteiger partial charge in [-0.1, -0.05) is 24.3 Å². The molecule has 0 aliphatic rings. The van der Waals surface area contributed by atoms with Crippen molar-refractivity contribution in [1.29, 1.82) is 0 Å². The molecule has 2 amide bonds. The summed E-state index contributed by atoms with van der Waals surface area (Å²) in [5.41, 5.74) is 2.49. The molecule has 2 N–H and O–H groups in total. The minimum atomic E-state index is -4.72. The van der Waals surface area contributed by atoms with Gasteiger partial charge in [0.15, 0.2) is 0 Å². The zero-order valence-electron chi connectivity index (χ0n) is 15.3. The standard InChI is InChI=1S/C20H21F3N2O3/c1-14(26)25-17-7-2-16(3-8-17)12-13-24-19(27)11-6-15-4-9-18(10-5-15)28-20(21,22)23/h2-5,7-10H,6,11-13H2,1H3,(H,24,27)(H,25,26). The van der Waals surface area contributed by atoms with E-state index < -0.39 is 6.36 Å². The minimum Gasteiger partial charge on any atom is -0.406 e. The van der Waals surface area contributed by atoms with Crippen LogP contribution >= 0.6 is 0 Å². The molecule has 2 aromatic carbocycles. The van der Waals surface area contributed by atoms with Crippen LogP contribution in [0.1, 0.15) is 24.5 Å². The van der Waals surface area contributed by atoms with Crippen molar-refractivity contribution in [2.75, 3.05) is 11.9 Å². The zero-order valence-corrected chi connectivity index (χ0v) is 15.3. The molecule has 28 heavy (non-hydrogen) atoms. The van der Waals surface area contributed by atoms with Crippen LogP contribution in [-0.2, 0) is 22.4 Å². The monoisotopic (exact) mass is 394 g/mol. The van der Waals surface area contributed by atoms with Gasteiger partial charge in [0.1, 0.15) is 5.75 Å². The molecule has 0 bridgehead atoms. The van der Waals surface area contributed by atoms with Crippen molar-refractivity contribution in [2.24, 2.45) is 0 Å². The van der Waals surface area contributed by atoms with E-state index >= 15 is 0 Å². The zero-order chi connectivity index (χ0) is 20.6. The maximum atomic E-state index is 12.1. The molecule has 5 nitrogen and oxygen atoms in total. The third kappa shape index (κ3) is 8.11. The van der Waals surface area contributed by atoms with Gasteiger partial charge in [0.25, 0.3) is 0 Å². The second-order valence-electron chi connectivity index (χ2n) is 6.17. The predicted octanol–water partition coefficient (Wildman–Crippen LogP) is 3.84. The SMILES string of the molecule is CC(=O)Nc1ccc(CCNC(=O)CCc2ccc(OC(F)(F)F)cc2)cc1. The van der Waals surface area contributed by atoms with E-state index in [4.69, 9.17) is 0 Å². The van der Waals surface area contributed by atoms with Gasteiger partial charge in [-0.25, -0.2) is 0 Å². The summed E-state index contributed by atoms with van der Waals surface area (Å²) in [5, 5.41) is 5.49. The van der Waals surface area contributed by atoms with Crippen molar-refractivity contribution >= 4 is 17.5 Å². The van der Waals surface area contributed by atoms with Gasteiger partial charge in [0, 0.05) is 25.6 Å². The second-order valence-corrected chi connectivity index (χ2v) is 6.17. The third-order valence-corrected chi connectivity index (χ3v) is 3.81. The summed E-state index contributed by atoms with van der Waals surface area (Å²) >= 11 is 0. The lowest BCUT2D eigenvalue weighted by Crippen LogP contribution is -2.25. The van der Waals surface area contributed by atoms with Crippen molar-refractivity contribution < 1.29 is 27.5 Å². The summed E-state index contributed by atoms with van der Waals surface area (Å²) in [6.07, 6.45) is -3.41. The van der Waals surface area contributed by atoms with Crippen molar-refractivity contribution in [3.63, 3.8) is 0 Å². The first-order valence-corrected chi connectivity index (χ1v) is 8.69. The Bertz CT molecular complexity index is 788. The average Bonchev–Trinajstić information content (AvgIpc) is 2.61. The van der Waals surface area contributed by atoms with Crippen molar-refractivity contribution in [1.82, 2.24) is 5.32 Å². The number of carbonyl (C=O) groups is 2. The number of benzene rings is 2. The summed E-state index contributed by atoms with van der Waals surface area (Å²) in [6.45, 7) is 1.91. The van der Waals surface area contributed by atoms with E-state index in [1.54, 1.807) is 12.1 Å². The number of ether oxygens (including phenoxy) is 1. The topological polar surface area (TPSA) is 67.4 Å². The molecule has 0 atom stereocenters. The molecule has 0 aromatic heterocycles. The Kier molecular flexibility index (Phi) is 7.43. The van der Waals surface area contributed by atoms with Gasteiger partial charge >= 0.3 is 6.36 Å². The van der Waals surface area contributed by atoms with E-state index in [2.05, 4.69) is 15.4 Å². The molecule has 0 aliphatic heterocycles. The van der Waals surface area contributed by atoms with Gasteiger partial charge in [0.2, 0.25) is 11.8 Å². The number of hydrogen-bond acceptors (Lipinski definition) is 3. The molecule has 8 heteroatoms. The van der Waals surface area contributed by atoms with E-state index in [1.165, 1.54) is 31.2 Å². The Morgan fingerprint density at radius 3 is 2.07 bits per heavy atom. The van der Waals surface area contributed by atoms with Gasteiger partial charge in [0.05, 0.1) is 0 Å². The molecule has 0 saturated heterocycles. The number of nitrogens with one attached hydrogen (secondary N) is 2. The van der Waals surface area contributed by atoms with E-state index in [9.17, 15) is 22.8 Å². The fourth-order valence-electron chi connectivity index (χ4n) is 2.51. The Morgan fingerprint density at radius 1 is 0.929 bits per heavy atom. The number of carbonyl (C=O) groups excluding carboxylic acids is 2. The molecule has 2 aromatic rings. The summed E-state index contributed by atoms with van der Waals surface area (Å²) in [7, 11) is 0. The van der Waals surface area contributed by atoms with Crippen molar-refractivity contribution in [3.8, 4) is 5.75 Å². The number of aryl methyl sites for hydroxylation is 1. The number of alkyl halides is 3. The molecule has 150 valence electrons. The van der Waals surface area contributed by atoms with Crippen LogP contribution in [0.2, 0.25) is 0 Å². The molecule has 0 heterocycles. The van der Waals surface area contributed by atoms with E-state index in [0.29, 0.717) is 25.1 Å². The summed E-state index contributed by atoms with van der Waals surface area (Å²) in [4.78, 5) is 22.9. The van der Waals surface area contributed by atoms with Crippen LogP contribution in [0.3, 0.4) is 0 Å². The van der Waals surface area contributed by atoms with Crippen LogP contribution in [-0.4, -0.2) is 24.7 Å². The van der Waals surface area contributed by atoms with Crippen molar-refractivity contribution in [2.45, 2.75) is 32.5 Å². The third-order valence-electron chi connectivity index (χ3n) is 3.81. The summed E-state index contributed by atoms with van der Waals surface area (Å²) in [6, 6.07) is 12.8. The van der Waals surface area contributed by atoms with E-state index in [1.807, 2.05) is 12.1 Å². The van der Waals surface area contributed by atoms with Crippen LogP contribution in [0.15, 0.2) is 48.5 Å². The summed E-state index contributed by atoms with van der Waals surface area (Å²) in [5.74, 6) is -0.557. The van der Waals surface area contributed by atoms with Crippen LogP contribution in [0.5, 0.6) is 5.75 Å². The molecule has 0 unspecified atom stereocenters. The lowest BCUT2D eigenvalue weighted by atomic mass is 10.1. The molecule has 0 fully saturated rings. The van der Waals surface area contributed by atoms with Crippen LogP contribution in [0.25, 0.3) is 0 Å². The van der Waals surface area contributed by atoms with Gasteiger partial charge in [-0.05, 0) is 48.2 Å². The normalized spacial score (nSPS) is 11.0. The van der Waals surface area contributed by atoms with Gasteiger partial charge < -0.3 is 15.4 Å².